The standard InChI is InChI=1S/C27H30N6O3.C25H24N6O2.C22H22N6O.C3H3ClO.2ClH/c1-27(2,3)36-26(34)32-15-7-8-19(16-32)33-25-22(24(28)29-17-30-25)23(31-33)18-11-13-21(14-12-18)35-20-9-5-4-6-10-20;1-2-21(32)30-14-6-7-18(15-30)31-25-22(24(26)27-16-28-25)23(29-31)17-10-12-20(13-11-17)33-19-8-4-3-5-9-19;23-21-19-20(15-8-10-18(11-9-15)29-17-6-2-1-3-7-17)27-28(22(19)26-14-25-21)16-5-4-12-24-13-16;1-2-3(4)5;;/h4-6,9-14,17,19H,7-8,15-16H2,1-3H3,(H2,28,29,30);2-5,8-13,16,18H,1,6-7,14-15H2,(H2,26,27,28);1-3,6-11,14,16,24H,4-5,12-13H2,(H2,23,25,26);2H,1H2;2*1H/t19-;18-;16-;;;/m111.../s1/i17D;16D;14D;;;. The minimum Gasteiger partial charge on any atom is -0.457 e. The SMILES string of the molecule is C=CC(=O)Cl.Cl.Cl.[2H]c1nc(=N)c2c(-c3ccc(Oc4ccccc4)cc3)nn([C@@H]3CCCN(C(=O)C=C)C3)c2[nH]1.[2H]c1nc(=N)c2c(-c3ccc(Oc4ccccc4)cc3)nn([C@@H]3CCCN(C(=O)OC(C)(C)C)C3)c2[nH]1.[2H]c1nc(=N)c2c(-c3ccc(Oc4ccccc4)cc3)nn([C@@H]3CCCNC3)c2[nH]1. The predicted molar refractivity (Wildman–Crippen MR) is 407 cm³/mol. The number of para-hydroxylation sites is 3. The fraction of sp³-hybridized carbons (Fsp3) is 0.247. The van der Waals surface area contributed by atoms with Crippen molar-refractivity contribution in [3.8, 4) is 68.3 Å². The van der Waals surface area contributed by atoms with Crippen molar-refractivity contribution >= 4 is 86.8 Å². The van der Waals surface area contributed by atoms with Gasteiger partial charge in [-0.1, -0.05) is 67.8 Å². The summed E-state index contributed by atoms with van der Waals surface area (Å²) in [6.45, 7) is 16.2. The molecule has 0 bridgehead atoms. The van der Waals surface area contributed by atoms with Gasteiger partial charge in [0.2, 0.25) is 11.1 Å². The van der Waals surface area contributed by atoms with E-state index < -0.39 is 10.8 Å². The Balaban J connectivity index is 0.000000167. The van der Waals surface area contributed by atoms with Gasteiger partial charge in [-0.3, -0.25) is 25.8 Å². The zero-order valence-electron chi connectivity index (χ0n) is 60.8. The lowest BCUT2D eigenvalue weighted by atomic mass is 10.1. The van der Waals surface area contributed by atoms with Crippen molar-refractivity contribution in [2.75, 3.05) is 39.3 Å². The molecule has 2 amide bonds. The fourth-order valence-corrected chi connectivity index (χ4v) is 12.4. The largest absolute Gasteiger partial charge is 0.457 e. The lowest BCUT2D eigenvalue weighted by Gasteiger charge is -2.34. The van der Waals surface area contributed by atoms with Gasteiger partial charge in [0.1, 0.15) is 78.2 Å². The summed E-state index contributed by atoms with van der Waals surface area (Å²) in [4.78, 5) is 58.9. The van der Waals surface area contributed by atoms with Gasteiger partial charge in [-0.15, -0.1) is 24.8 Å². The van der Waals surface area contributed by atoms with E-state index in [9.17, 15) is 14.4 Å². The Bertz CT molecular complexity index is 5330. The van der Waals surface area contributed by atoms with Crippen molar-refractivity contribution in [3.63, 3.8) is 0 Å². The summed E-state index contributed by atoms with van der Waals surface area (Å²) in [6.07, 6.45) is 7.10. The van der Waals surface area contributed by atoms with E-state index in [0.717, 1.165) is 97.4 Å². The van der Waals surface area contributed by atoms with Crippen LogP contribution in [0.2, 0.25) is 0 Å². The molecule has 3 saturated heterocycles. The Kier molecular flexibility index (Phi) is 24.0. The van der Waals surface area contributed by atoms with Gasteiger partial charge in [-0.05, 0) is 199 Å². The van der Waals surface area contributed by atoms with E-state index in [1.54, 1.807) is 19.2 Å². The summed E-state index contributed by atoms with van der Waals surface area (Å²) in [5.41, 5.74) is 5.58. The molecular weight excluding hydrogens is 1400 g/mol. The topological polar surface area (TPSA) is 318 Å². The van der Waals surface area contributed by atoms with Gasteiger partial charge in [-0.2, -0.15) is 15.3 Å². The zero-order valence-corrected chi connectivity index (χ0v) is 60.2. The Morgan fingerprint density at radius 3 is 1.17 bits per heavy atom. The highest BCUT2D eigenvalue weighted by atomic mass is 35.5. The molecule has 3 aliphatic rings. The highest BCUT2D eigenvalue weighted by molar-refractivity contribution is 6.66. The third kappa shape index (κ3) is 18.7. The quantitative estimate of drug-likeness (QED) is 0.0393. The number of piperidine rings is 3. The van der Waals surface area contributed by atoms with Crippen LogP contribution in [0.5, 0.6) is 34.5 Å². The van der Waals surface area contributed by atoms with E-state index in [1.165, 1.54) is 6.08 Å². The molecule has 0 aliphatic carbocycles. The first-order valence-corrected chi connectivity index (χ1v) is 34.1. The second-order valence-electron chi connectivity index (χ2n) is 25.5. The summed E-state index contributed by atoms with van der Waals surface area (Å²) in [7, 11) is 0. The number of carbonyl (C=O) groups is 3. The van der Waals surface area contributed by atoms with Gasteiger partial charge in [0.25, 0.3) is 0 Å². The summed E-state index contributed by atoms with van der Waals surface area (Å²) in [5.74, 6) is 4.26. The number of aromatic amines is 3. The van der Waals surface area contributed by atoms with Gasteiger partial charge in [0, 0.05) is 49.4 Å². The average Bonchev–Trinajstić information content (AvgIpc) is 1.63. The van der Waals surface area contributed by atoms with Crippen molar-refractivity contribution in [3.05, 3.63) is 224 Å². The van der Waals surface area contributed by atoms with Crippen LogP contribution in [-0.2, 0) is 14.3 Å². The Labute approximate surface area is 626 Å². The molecule has 12 aromatic rings. The van der Waals surface area contributed by atoms with Crippen LogP contribution < -0.4 is 36.0 Å². The number of nitrogens with one attached hydrogen (secondary N) is 7. The van der Waals surface area contributed by atoms with Crippen LogP contribution in [0, 0.1) is 16.2 Å². The number of allylic oxidation sites excluding steroid dienone is 1. The number of fused-ring (bicyclic) bond motifs is 3. The molecule has 105 heavy (non-hydrogen) atoms. The number of carbonyl (C=O) groups excluding carboxylic acids is 3. The van der Waals surface area contributed by atoms with Crippen molar-refractivity contribution in [1.82, 2.24) is 74.4 Å². The van der Waals surface area contributed by atoms with Crippen molar-refractivity contribution < 1.29 is 37.4 Å². The number of aromatic nitrogens is 12. The van der Waals surface area contributed by atoms with E-state index in [4.69, 9.17) is 66.2 Å². The molecule has 6 aromatic heterocycles. The van der Waals surface area contributed by atoms with Crippen LogP contribution in [-0.4, -0.2) is 131 Å². The first kappa shape index (κ1) is 71.9. The minimum atomic E-state index is -0.578. The zero-order chi connectivity index (χ0) is 74.6. The molecule has 0 unspecified atom stereocenters. The third-order valence-corrected chi connectivity index (χ3v) is 17.3. The number of ether oxygens (including phenoxy) is 4. The maximum absolute atomic E-state index is 12.7. The average molecular weight is 1480 g/mol. The predicted octanol–water partition coefficient (Wildman–Crippen LogP) is 14.7. The fourth-order valence-electron chi connectivity index (χ4n) is 12.4. The second kappa shape index (κ2) is 35.1. The summed E-state index contributed by atoms with van der Waals surface area (Å²) in [5, 5.41) is 44.5. The number of nitrogens with zero attached hydrogens (tertiary/aromatic N) is 11. The molecule has 9 heterocycles. The monoisotopic (exact) mass is 1480 g/mol. The van der Waals surface area contributed by atoms with Gasteiger partial charge < -0.3 is 49.0 Å². The molecular formula is C77H81Cl3N18O7. The van der Waals surface area contributed by atoms with Crippen LogP contribution in [0.1, 0.15) is 81.5 Å². The van der Waals surface area contributed by atoms with Gasteiger partial charge >= 0.3 is 6.09 Å². The highest BCUT2D eigenvalue weighted by Gasteiger charge is 2.32. The normalized spacial score (nSPS) is 15.9. The number of hydrogen-bond acceptors (Lipinski definition) is 17. The van der Waals surface area contributed by atoms with E-state index in [-0.39, 0.29) is 90.3 Å². The molecule has 25 nitrogen and oxygen atoms in total. The van der Waals surface area contributed by atoms with Crippen molar-refractivity contribution in [2.24, 2.45) is 0 Å². The number of hydrogen-bond donors (Lipinski definition) is 7. The second-order valence-corrected chi connectivity index (χ2v) is 25.8. The lowest BCUT2D eigenvalue weighted by molar-refractivity contribution is -0.127. The summed E-state index contributed by atoms with van der Waals surface area (Å²) >= 11 is 4.71. The number of halogens is 3. The molecule has 6 aromatic carbocycles. The molecule has 3 aliphatic heterocycles. The number of amides is 2. The third-order valence-electron chi connectivity index (χ3n) is 17.2. The lowest BCUT2D eigenvalue weighted by Crippen LogP contribution is -2.43. The Morgan fingerprint density at radius 2 is 0.838 bits per heavy atom. The van der Waals surface area contributed by atoms with E-state index in [1.807, 2.05) is 189 Å². The Hall–Kier alpha value is -11.5. The molecule has 15 rings (SSSR count). The molecule has 542 valence electrons. The van der Waals surface area contributed by atoms with Gasteiger partial charge in [0.15, 0.2) is 16.5 Å². The first-order chi connectivity index (χ1) is 51.2. The van der Waals surface area contributed by atoms with E-state index in [0.29, 0.717) is 87.9 Å². The maximum atomic E-state index is 12.7. The molecule has 3 atom stereocenters. The molecule has 3 fully saturated rings. The molecule has 28 heteroatoms. The molecule has 0 spiro atoms. The highest BCUT2D eigenvalue weighted by Crippen LogP contribution is 2.36. The number of benzene rings is 6. The summed E-state index contributed by atoms with van der Waals surface area (Å²) in [6, 6.07) is 51.4. The van der Waals surface area contributed by atoms with Crippen LogP contribution in [0.15, 0.2) is 208 Å². The summed E-state index contributed by atoms with van der Waals surface area (Å²) < 4.78 is 52.8. The van der Waals surface area contributed by atoms with Gasteiger partial charge in [-0.25, -0.2) is 33.8 Å². The minimum absolute atomic E-state index is 0. The number of H-pyrrole nitrogens is 3. The smallest absolute Gasteiger partial charge is 0.410 e. The maximum Gasteiger partial charge on any atom is 0.410 e. The van der Waals surface area contributed by atoms with Crippen LogP contribution >= 0.6 is 36.4 Å². The van der Waals surface area contributed by atoms with E-state index >= 15 is 0 Å². The number of likely N-dealkylation sites (tertiary alicyclic amines) is 2. The van der Waals surface area contributed by atoms with E-state index in [2.05, 4.69) is 48.4 Å². The molecule has 0 saturated carbocycles. The molecule has 0 radical (unpaired) electrons. The van der Waals surface area contributed by atoms with Crippen LogP contribution in [0.3, 0.4) is 0 Å². The first-order valence-electron chi connectivity index (χ1n) is 35.2. The van der Waals surface area contributed by atoms with Crippen LogP contribution in [0.4, 0.5) is 4.79 Å². The number of rotatable bonds is 14. The van der Waals surface area contributed by atoms with Gasteiger partial charge in [0.05, 0.1) is 53.2 Å². The molecule has 7 N–H and O–H groups in total. The van der Waals surface area contributed by atoms with Crippen LogP contribution in [0.25, 0.3) is 66.9 Å². The van der Waals surface area contributed by atoms with Crippen molar-refractivity contribution in [1.29, 1.82) is 16.2 Å². The Morgan fingerprint density at radius 1 is 0.505 bits per heavy atom. The van der Waals surface area contributed by atoms with Crippen molar-refractivity contribution in [2.45, 2.75) is 83.0 Å².